The lowest BCUT2D eigenvalue weighted by atomic mass is 10.2. The third-order valence-electron chi connectivity index (χ3n) is 4.64. The quantitative estimate of drug-likeness (QED) is 0.262. The number of Topliss-reactive ketones (excluding diaryl/α,β-unsaturated/α-hetero) is 1. The first-order valence-corrected chi connectivity index (χ1v) is 10.7. The van der Waals surface area contributed by atoms with Crippen LogP contribution in [0.5, 0.6) is 0 Å². The molecule has 1 aromatic carbocycles. The van der Waals surface area contributed by atoms with Gasteiger partial charge in [0.1, 0.15) is 5.76 Å². The van der Waals surface area contributed by atoms with Gasteiger partial charge in [0.15, 0.2) is 5.78 Å². The smallest absolute Gasteiger partial charge is 0.277 e. The van der Waals surface area contributed by atoms with Crippen LogP contribution in [0.1, 0.15) is 27.5 Å². The molecular weight excluding hydrogens is 454 g/mol. The molecule has 0 amide bonds. The average Bonchev–Trinajstić information content (AvgIpc) is 3.40. The van der Waals surface area contributed by atoms with Crippen molar-refractivity contribution >= 4 is 33.5 Å². The van der Waals surface area contributed by atoms with Crippen LogP contribution in [-0.2, 0) is 0 Å². The highest BCUT2D eigenvalue weighted by atomic mass is 79.9. The van der Waals surface area contributed by atoms with Gasteiger partial charge in [0.2, 0.25) is 0 Å². The van der Waals surface area contributed by atoms with E-state index in [1.807, 2.05) is 51.1 Å². The molecule has 0 radical (unpaired) electrons. The molecule has 0 saturated carbocycles. The highest BCUT2D eigenvalue weighted by molar-refractivity contribution is 9.10. The summed E-state index contributed by atoms with van der Waals surface area (Å²) in [5, 5.41) is 8.42. The Hall–Kier alpha value is -2.58. The van der Waals surface area contributed by atoms with Gasteiger partial charge in [0, 0.05) is 27.1 Å². The maximum atomic E-state index is 12.8. The van der Waals surface area contributed by atoms with Crippen molar-refractivity contribution in [2.45, 2.75) is 26.0 Å². The summed E-state index contributed by atoms with van der Waals surface area (Å²) in [6, 6.07) is 11.7. The molecule has 148 valence electrons. The second-order valence-electron chi connectivity index (χ2n) is 6.57. The van der Waals surface area contributed by atoms with Gasteiger partial charge in [-0.2, -0.15) is 0 Å². The molecule has 0 aliphatic carbocycles. The molecule has 0 unspecified atom stereocenters. The lowest BCUT2D eigenvalue weighted by Crippen LogP contribution is -2.05. The molecule has 0 fully saturated rings. The highest BCUT2D eigenvalue weighted by Crippen LogP contribution is 2.28. The SMILES string of the molecule is Cc1occc1-c1nnc(SCC(=O)c2cc(C)n(-c3ccc(Br)cc3)c2C)o1. The van der Waals surface area contributed by atoms with Gasteiger partial charge in [-0.05, 0) is 57.2 Å². The topological polar surface area (TPSA) is 74.1 Å². The minimum Gasteiger partial charge on any atom is -0.469 e. The number of hydrogen-bond donors (Lipinski definition) is 0. The predicted molar refractivity (Wildman–Crippen MR) is 115 cm³/mol. The molecule has 3 heterocycles. The van der Waals surface area contributed by atoms with E-state index in [2.05, 4.69) is 30.7 Å². The average molecular weight is 472 g/mol. The van der Waals surface area contributed by atoms with Gasteiger partial charge in [0.05, 0.1) is 17.6 Å². The van der Waals surface area contributed by atoms with Gasteiger partial charge in [-0.15, -0.1) is 10.2 Å². The minimum atomic E-state index is 0.0192. The Morgan fingerprint density at radius 2 is 1.90 bits per heavy atom. The fourth-order valence-electron chi connectivity index (χ4n) is 3.22. The Kier molecular flexibility index (Phi) is 5.47. The first kappa shape index (κ1) is 19.7. The molecule has 8 heteroatoms. The number of ketones is 1. The number of aromatic nitrogens is 3. The Bertz CT molecular complexity index is 1170. The van der Waals surface area contributed by atoms with E-state index in [4.69, 9.17) is 8.83 Å². The van der Waals surface area contributed by atoms with Gasteiger partial charge in [-0.1, -0.05) is 27.7 Å². The fraction of sp³-hybridized carbons (Fsp3) is 0.190. The van der Waals surface area contributed by atoms with E-state index in [1.165, 1.54) is 11.8 Å². The fourth-order valence-corrected chi connectivity index (χ4v) is 4.13. The summed E-state index contributed by atoms with van der Waals surface area (Å²) in [5.74, 6) is 1.34. The monoisotopic (exact) mass is 471 g/mol. The van der Waals surface area contributed by atoms with E-state index >= 15 is 0 Å². The molecule has 0 bridgehead atoms. The van der Waals surface area contributed by atoms with E-state index in [1.54, 1.807) is 12.3 Å². The van der Waals surface area contributed by atoms with Crippen LogP contribution < -0.4 is 0 Å². The zero-order chi connectivity index (χ0) is 20.5. The van der Waals surface area contributed by atoms with Crippen molar-refractivity contribution in [1.82, 2.24) is 14.8 Å². The summed E-state index contributed by atoms with van der Waals surface area (Å²) < 4.78 is 14.0. The number of halogens is 1. The van der Waals surface area contributed by atoms with Crippen LogP contribution in [0, 0.1) is 20.8 Å². The van der Waals surface area contributed by atoms with Crippen LogP contribution >= 0.6 is 27.7 Å². The molecule has 6 nitrogen and oxygen atoms in total. The molecule has 4 aromatic rings. The van der Waals surface area contributed by atoms with E-state index in [0.717, 1.165) is 27.1 Å². The standard InChI is InChI=1S/C21H18BrN3O3S/c1-12-10-18(13(2)25(12)16-6-4-15(22)5-7-16)19(26)11-29-21-24-23-20(28-21)17-8-9-27-14(17)3/h4-10H,11H2,1-3H3. The number of hydrogen-bond acceptors (Lipinski definition) is 6. The van der Waals surface area contributed by atoms with Crippen LogP contribution in [0.15, 0.2) is 61.2 Å². The Morgan fingerprint density at radius 1 is 1.14 bits per heavy atom. The number of benzene rings is 1. The van der Waals surface area contributed by atoms with Crippen LogP contribution in [-0.4, -0.2) is 26.3 Å². The summed E-state index contributed by atoms with van der Waals surface area (Å²) in [6.07, 6.45) is 1.58. The van der Waals surface area contributed by atoms with E-state index < -0.39 is 0 Å². The number of carbonyl (C=O) groups excluding carboxylic acids is 1. The first-order valence-electron chi connectivity index (χ1n) is 8.93. The van der Waals surface area contributed by atoms with E-state index in [0.29, 0.717) is 22.4 Å². The Balaban J connectivity index is 1.50. The molecule has 29 heavy (non-hydrogen) atoms. The zero-order valence-corrected chi connectivity index (χ0v) is 18.5. The van der Waals surface area contributed by atoms with Crippen LogP contribution in [0.4, 0.5) is 0 Å². The molecule has 0 spiro atoms. The van der Waals surface area contributed by atoms with Crippen molar-refractivity contribution < 1.29 is 13.6 Å². The summed E-state index contributed by atoms with van der Waals surface area (Å²) in [5.41, 5.74) is 4.40. The third kappa shape index (κ3) is 3.95. The second kappa shape index (κ2) is 8.04. The van der Waals surface area contributed by atoms with Gasteiger partial charge in [-0.25, -0.2) is 0 Å². The van der Waals surface area contributed by atoms with Gasteiger partial charge in [-0.3, -0.25) is 4.79 Å². The molecule has 0 atom stereocenters. The predicted octanol–water partition coefficient (Wildman–Crippen LogP) is 5.78. The molecule has 3 aromatic heterocycles. The summed E-state index contributed by atoms with van der Waals surface area (Å²) in [6.45, 7) is 5.78. The zero-order valence-electron chi connectivity index (χ0n) is 16.1. The Morgan fingerprint density at radius 3 is 2.59 bits per heavy atom. The van der Waals surface area contributed by atoms with Crippen molar-refractivity contribution in [3.8, 4) is 17.1 Å². The number of aryl methyl sites for hydroxylation is 2. The highest BCUT2D eigenvalue weighted by Gasteiger charge is 2.19. The van der Waals surface area contributed by atoms with Gasteiger partial charge < -0.3 is 13.4 Å². The molecule has 0 aliphatic rings. The molecule has 0 N–H and O–H groups in total. The van der Waals surface area contributed by atoms with Crippen molar-refractivity contribution in [2.75, 3.05) is 5.75 Å². The van der Waals surface area contributed by atoms with Gasteiger partial charge >= 0.3 is 0 Å². The summed E-state index contributed by atoms with van der Waals surface area (Å²) >= 11 is 4.69. The van der Waals surface area contributed by atoms with E-state index in [9.17, 15) is 4.79 Å². The summed E-state index contributed by atoms with van der Waals surface area (Å²) in [4.78, 5) is 12.8. The minimum absolute atomic E-state index is 0.0192. The van der Waals surface area contributed by atoms with Crippen molar-refractivity contribution in [3.63, 3.8) is 0 Å². The van der Waals surface area contributed by atoms with Crippen molar-refractivity contribution in [2.24, 2.45) is 0 Å². The van der Waals surface area contributed by atoms with E-state index in [-0.39, 0.29) is 11.5 Å². The largest absolute Gasteiger partial charge is 0.469 e. The van der Waals surface area contributed by atoms with Crippen LogP contribution in [0.3, 0.4) is 0 Å². The van der Waals surface area contributed by atoms with Crippen LogP contribution in [0.25, 0.3) is 17.1 Å². The Labute approximate surface area is 180 Å². The van der Waals surface area contributed by atoms with Crippen molar-refractivity contribution in [3.05, 3.63) is 69.8 Å². The number of thioether (sulfide) groups is 1. The third-order valence-corrected chi connectivity index (χ3v) is 5.99. The maximum Gasteiger partial charge on any atom is 0.277 e. The first-order chi connectivity index (χ1) is 13.9. The normalized spacial score (nSPS) is 11.2. The van der Waals surface area contributed by atoms with Gasteiger partial charge in [0.25, 0.3) is 11.1 Å². The van der Waals surface area contributed by atoms with Crippen molar-refractivity contribution in [1.29, 1.82) is 0 Å². The molecule has 0 aliphatic heterocycles. The van der Waals surface area contributed by atoms with Crippen LogP contribution in [0.2, 0.25) is 0 Å². The molecular formula is C21H18BrN3O3S. The second-order valence-corrected chi connectivity index (χ2v) is 8.41. The molecule has 0 saturated heterocycles. The number of nitrogens with zero attached hydrogens (tertiary/aromatic N) is 3. The maximum absolute atomic E-state index is 12.8. The number of rotatable bonds is 6. The lowest BCUT2D eigenvalue weighted by molar-refractivity contribution is 0.102. The number of carbonyl (C=O) groups is 1. The number of furan rings is 1. The summed E-state index contributed by atoms with van der Waals surface area (Å²) in [7, 11) is 0. The molecule has 4 rings (SSSR count). The lowest BCUT2D eigenvalue weighted by Gasteiger charge is -2.10.